The highest BCUT2D eigenvalue weighted by molar-refractivity contribution is 5.69. The number of aryl methyl sites for hydroxylation is 1. The van der Waals surface area contributed by atoms with Crippen molar-refractivity contribution in [2.45, 2.75) is 38.1 Å². The van der Waals surface area contributed by atoms with E-state index >= 15 is 0 Å². The van der Waals surface area contributed by atoms with Crippen molar-refractivity contribution < 1.29 is 23.4 Å². The Bertz CT molecular complexity index is 1440. The van der Waals surface area contributed by atoms with Crippen LogP contribution < -0.4 is 10.1 Å². The molecule has 0 bridgehead atoms. The third-order valence-electron chi connectivity index (χ3n) is 6.92. The van der Waals surface area contributed by atoms with Crippen LogP contribution in [0.1, 0.15) is 42.0 Å². The smallest absolute Gasteiger partial charge is 0.303 e. The molecule has 4 aromatic rings. The minimum atomic E-state index is -0.765. The van der Waals surface area contributed by atoms with Gasteiger partial charge in [-0.05, 0) is 96.9 Å². The molecule has 1 aliphatic carbocycles. The first kappa shape index (κ1) is 26.4. The average Bonchev–Trinajstić information content (AvgIpc) is 3.32. The van der Waals surface area contributed by atoms with Crippen molar-refractivity contribution in [3.8, 4) is 28.3 Å². The van der Waals surface area contributed by atoms with Gasteiger partial charge in [0.1, 0.15) is 17.4 Å². The molecule has 0 fully saturated rings. The second kappa shape index (κ2) is 12.1. The van der Waals surface area contributed by atoms with Gasteiger partial charge in [-0.25, -0.2) is 18.7 Å². The van der Waals surface area contributed by atoms with E-state index in [0.717, 1.165) is 47.4 Å². The lowest BCUT2D eigenvalue weighted by atomic mass is 9.98. The minimum Gasteiger partial charge on any atom is -0.494 e. The number of ether oxygens (including phenoxy) is 1. The maximum absolute atomic E-state index is 13.5. The molecule has 6 nitrogen and oxygen atoms in total. The number of halogens is 2. The number of hydrogen-bond acceptors (Lipinski definition) is 5. The van der Waals surface area contributed by atoms with Crippen molar-refractivity contribution in [2.75, 3.05) is 13.2 Å². The second-order valence-corrected chi connectivity index (χ2v) is 9.64. The molecular formula is C31H29F2N3O3. The van der Waals surface area contributed by atoms with E-state index in [9.17, 15) is 13.6 Å². The second-order valence-electron chi connectivity index (χ2n) is 9.64. The minimum absolute atomic E-state index is 0.0842. The number of hydrogen-bond donors (Lipinski definition) is 2. The fourth-order valence-electron chi connectivity index (χ4n) is 4.95. The third-order valence-corrected chi connectivity index (χ3v) is 6.92. The van der Waals surface area contributed by atoms with Crippen molar-refractivity contribution in [3.63, 3.8) is 0 Å². The van der Waals surface area contributed by atoms with Crippen LogP contribution in [0.25, 0.3) is 22.5 Å². The number of rotatable bonds is 11. The van der Waals surface area contributed by atoms with Crippen LogP contribution >= 0.6 is 0 Å². The van der Waals surface area contributed by atoms with E-state index in [4.69, 9.17) is 14.8 Å². The van der Waals surface area contributed by atoms with E-state index < -0.39 is 5.97 Å². The Kier molecular flexibility index (Phi) is 8.22. The quantitative estimate of drug-likeness (QED) is 0.227. The van der Waals surface area contributed by atoms with Crippen LogP contribution in [0.4, 0.5) is 8.78 Å². The highest BCUT2D eigenvalue weighted by Gasteiger charge is 2.24. The van der Waals surface area contributed by atoms with Gasteiger partial charge in [-0.1, -0.05) is 18.2 Å². The summed E-state index contributed by atoms with van der Waals surface area (Å²) in [6, 6.07) is 18.2. The van der Waals surface area contributed by atoms with Crippen molar-refractivity contribution >= 4 is 5.97 Å². The Labute approximate surface area is 225 Å². The normalized spacial score (nSPS) is 14.3. The van der Waals surface area contributed by atoms with Crippen LogP contribution in [0, 0.1) is 11.6 Å². The van der Waals surface area contributed by atoms with Crippen LogP contribution in [-0.2, 0) is 17.8 Å². The van der Waals surface area contributed by atoms with Gasteiger partial charge in [0.2, 0.25) is 0 Å². The molecule has 1 aliphatic rings. The highest BCUT2D eigenvalue weighted by Crippen LogP contribution is 2.37. The molecule has 5 rings (SSSR count). The standard InChI is InChI=1S/C31H29F2N3O3/c32-24-8-4-20(5-9-24)28-18-35-31(21-6-10-25(33)11-7-21)36-29(28)19-34-14-1-15-39-26-12-13-27-22(16-26)2-3-23(27)17-30(37)38/h4-13,16,18,23,34H,1-3,14-15,17,19H2,(H,37,38)/t23-/m0/s1. The number of carboxylic acid groups (broad SMARTS) is 1. The number of fused-ring (bicyclic) bond motifs is 1. The van der Waals surface area contributed by atoms with E-state index in [1.807, 2.05) is 18.2 Å². The molecule has 39 heavy (non-hydrogen) atoms. The van der Waals surface area contributed by atoms with Crippen LogP contribution in [0.15, 0.2) is 72.9 Å². The average molecular weight is 530 g/mol. The zero-order chi connectivity index (χ0) is 27.2. The summed E-state index contributed by atoms with van der Waals surface area (Å²) in [5.74, 6) is -0.0370. The van der Waals surface area contributed by atoms with Crippen molar-refractivity contribution in [3.05, 3.63) is 101 Å². The molecule has 0 unspecified atom stereocenters. The van der Waals surface area contributed by atoms with Crippen molar-refractivity contribution in [2.24, 2.45) is 0 Å². The number of carboxylic acids is 1. The predicted molar refractivity (Wildman–Crippen MR) is 144 cm³/mol. The summed E-state index contributed by atoms with van der Waals surface area (Å²) in [6.45, 7) is 1.68. The Morgan fingerprint density at radius 3 is 2.44 bits per heavy atom. The summed E-state index contributed by atoms with van der Waals surface area (Å²) in [6.07, 6.45) is 4.38. The monoisotopic (exact) mass is 529 g/mol. The van der Waals surface area contributed by atoms with Gasteiger partial charge >= 0.3 is 5.97 Å². The lowest BCUT2D eigenvalue weighted by molar-refractivity contribution is -0.137. The van der Waals surface area contributed by atoms with Crippen LogP contribution in [0.3, 0.4) is 0 Å². The molecule has 0 amide bonds. The van der Waals surface area contributed by atoms with E-state index in [0.29, 0.717) is 31.1 Å². The molecule has 1 aromatic heterocycles. The lowest BCUT2D eigenvalue weighted by Crippen LogP contribution is -2.18. The van der Waals surface area contributed by atoms with Crippen LogP contribution in [-0.4, -0.2) is 34.2 Å². The zero-order valence-electron chi connectivity index (χ0n) is 21.4. The maximum Gasteiger partial charge on any atom is 0.303 e. The number of nitrogens with one attached hydrogen (secondary N) is 1. The zero-order valence-corrected chi connectivity index (χ0v) is 21.4. The summed E-state index contributed by atoms with van der Waals surface area (Å²) < 4.78 is 32.8. The molecule has 0 radical (unpaired) electrons. The van der Waals surface area contributed by atoms with Crippen molar-refractivity contribution in [1.29, 1.82) is 0 Å². The van der Waals surface area contributed by atoms with Gasteiger partial charge in [-0.2, -0.15) is 0 Å². The first-order chi connectivity index (χ1) is 19.0. The molecule has 0 saturated heterocycles. The molecule has 200 valence electrons. The largest absolute Gasteiger partial charge is 0.494 e. The predicted octanol–water partition coefficient (Wildman–Crippen LogP) is 6.15. The summed E-state index contributed by atoms with van der Waals surface area (Å²) in [7, 11) is 0. The van der Waals surface area contributed by atoms with Crippen LogP contribution in [0.5, 0.6) is 5.75 Å². The van der Waals surface area contributed by atoms with E-state index in [1.165, 1.54) is 29.8 Å². The lowest BCUT2D eigenvalue weighted by Gasteiger charge is -2.13. The molecule has 2 N–H and O–H groups in total. The number of aliphatic carboxylic acids is 1. The fraction of sp³-hybridized carbons (Fsp3) is 0.258. The van der Waals surface area contributed by atoms with Gasteiger partial charge < -0.3 is 15.2 Å². The SMILES string of the molecule is O=C(O)C[C@@H]1CCc2cc(OCCCNCc3nc(-c4ccc(F)cc4)ncc3-c3ccc(F)cc3)ccc21. The summed E-state index contributed by atoms with van der Waals surface area (Å²) in [5.41, 5.74) is 5.36. The number of nitrogens with zero attached hydrogens (tertiary/aromatic N) is 2. The Hall–Kier alpha value is -4.17. The molecule has 0 aliphatic heterocycles. The molecule has 3 aromatic carbocycles. The summed E-state index contributed by atoms with van der Waals surface area (Å²) >= 11 is 0. The molecule has 0 saturated carbocycles. The van der Waals surface area contributed by atoms with Crippen LogP contribution in [0.2, 0.25) is 0 Å². The third kappa shape index (κ3) is 6.64. The molecule has 1 heterocycles. The van der Waals surface area contributed by atoms with E-state index in [-0.39, 0.29) is 24.0 Å². The fourth-order valence-corrected chi connectivity index (χ4v) is 4.95. The van der Waals surface area contributed by atoms with Gasteiger partial charge in [0.05, 0.1) is 18.7 Å². The maximum atomic E-state index is 13.5. The topological polar surface area (TPSA) is 84.3 Å². The molecule has 0 spiro atoms. The Morgan fingerprint density at radius 1 is 1.00 bits per heavy atom. The van der Waals surface area contributed by atoms with Gasteiger partial charge in [0.15, 0.2) is 5.82 Å². The van der Waals surface area contributed by atoms with E-state index in [2.05, 4.69) is 10.3 Å². The molecular weight excluding hydrogens is 500 g/mol. The number of benzene rings is 3. The first-order valence-corrected chi connectivity index (χ1v) is 13.0. The van der Waals surface area contributed by atoms with Gasteiger partial charge in [0, 0.05) is 23.9 Å². The molecule has 1 atom stereocenters. The highest BCUT2D eigenvalue weighted by atomic mass is 19.1. The Balaban J connectivity index is 1.19. The van der Waals surface area contributed by atoms with Crippen molar-refractivity contribution in [1.82, 2.24) is 15.3 Å². The van der Waals surface area contributed by atoms with E-state index in [1.54, 1.807) is 30.5 Å². The first-order valence-electron chi connectivity index (χ1n) is 13.0. The van der Waals surface area contributed by atoms with Gasteiger partial charge in [0.25, 0.3) is 0 Å². The summed E-state index contributed by atoms with van der Waals surface area (Å²) in [4.78, 5) is 20.3. The summed E-state index contributed by atoms with van der Waals surface area (Å²) in [5, 5.41) is 12.5. The van der Waals surface area contributed by atoms with Gasteiger partial charge in [-0.15, -0.1) is 0 Å². The number of aromatic nitrogens is 2. The number of carbonyl (C=O) groups is 1. The Morgan fingerprint density at radius 2 is 1.72 bits per heavy atom. The molecule has 8 heteroatoms. The van der Waals surface area contributed by atoms with Gasteiger partial charge in [-0.3, -0.25) is 4.79 Å².